The van der Waals surface area contributed by atoms with E-state index in [9.17, 15) is 4.79 Å². The molecule has 1 aliphatic heterocycles. The van der Waals surface area contributed by atoms with Crippen molar-refractivity contribution in [2.45, 2.75) is 38.2 Å². The molecule has 7 nitrogen and oxygen atoms in total. The molecule has 3 heterocycles. The Balaban J connectivity index is 1.52. The monoisotopic (exact) mass is 327 g/mol. The largest absolute Gasteiger partial charge is 0.369 e. The topological polar surface area (TPSA) is 81.9 Å². The number of carbonyl (C=O) groups is 1. The highest BCUT2D eigenvalue weighted by atomic mass is 16.5. The Morgan fingerprint density at radius 2 is 2.17 bits per heavy atom. The van der Waals surface area contributed by atoms with Crippen molar-refractivity contribution in [2.24, 2.45) is 13.0 Å². The Bertz CT molecular complexity index is 768. The summed E-state index contributed by atoms with van der Waals surface area (Å²) < 4.78 is 7.67. The van der Waals surface area contributed by atoms with Crippen molar-refractivity contribution in [3.05, 3.63) is 35.8 Å². The quantitative estimate of drug-likeness (QED) is 0.930. The van der Waals surface area contributed by atoms with Crippen LogP contribution in [0.1, 0.15) is 48.6 Å². The lowest BCUT2D eigenvalue weighted by Crippen LogP contribution is -2.27. The van der Waals surface area contributed by atoms with Gasteiger partial charge in [0, 0.05) is 43.7 Å². The number of nitrogens with one attached hydrogen (secondary N) is 1. The van der Waals surface area contributed by atoms with Crippen LogP contribution in [0.15, 0.2) is 18.5 Å². The third-order valence-corrected chi connectivity index (χ3v) is 4.65. The van der Waals surface area contributed by atoms with Crippen LogP contribution in [0.3, 0.4) is 0 Å². The van der Waals surface area contributed by atoms with Gasteiger partial charge in [-0.1, -0.05) is 0 Å². The maximum Gasteiger partial charge on any atom is 0.231 e. The molecule has 0 unspecified atom stereocenters. The van der Waals surface area contributed by atoms with E-state index in [0.29, 0.717) is 30.6 Å². The molecule has 1 saturated carbocycles. The van der Waals surface area contributed by atoms with E-state index in [4.69, 9.17) is 4.74 Å². The summed E-state index contributed by atoms with van der Waals surface area (Å²) in [6, 6.07) is 1.90. The van der Waals surface area contributed by atoms with Crippen molar-refractivity contribution in [1.29, 1.82) is 0 Å². The van der Waals surface area contributed by atoms with E-state index < -0.39 is 0 Å². The van der Waals surface area contributed by atoms with Crippen LogP contribution in [0.25, 0.3) is 0 Å². The first-order valence-corrected chi connectivity index (χ1v) is 8.37. The number of amides is 1. The normalized spacial score (nSPS) is 23.4. The van der Waals surface area contributed by atoms with Gasteiger partial charge in [0.1, 0.15) is 23.6 Å². The fourth-order valence-corrected chi connectivity index (χ4v) is 3.23. The first kappa shape index (κ1) is 15.3. The molecule has 0 spiro atoms. The smallest absolute Gasteiger partial charge is 0.231 e. The van der Waals surface area contributed by atoms with Crippen LogP contribution in [0.5, 0.6) is 0 Å². The number of aromatic nitrogens is 4. The van der Waals surface area contributed by atoms with E-state index in [1.165, 1.54) is 12.8 Å². The summed E-state index contributed by atoms with van der Waals surface area (Å²) in [6.07, 6.45) is 6.30. The van der Waals surface area contributed by atoms with Gasteiger partial charge in [0.15, 0.2) is 0 Å². The lowest BCUT2D eigenvalue weighted by Gasteiger charge is -2.18. The van der Waals surface area contributed by atoms with E-state index in [1.54, 1.807) is 6.20 Å². The Morgan fingerprint density at radius 3 is 2.88 bits per heavy atom. The molecule has 2 aliphatic rings. The minimum Gasteiger partial charge on any atom is -0.369 e. The average Bonchev–Trinajstić information content (AvgIpc) is 3.13. The van der Waals surface area contributed by atoms with E-state index in [1.807, 2.05) is 30.8 Å². The van der Waals surface area contributed by atoms with Crippen LogP contribution in [-0.4, -0.2) is 32.0 Å². The zero-order valence-corrected chi connectivity index (χ0v) is 13.9. The summed E-state index contributed by atoms with van der Waals surface area (Å²) in [4.78, 5) is 25.9. The van der Waals surface area contributed by atoms with E-state index >= 15 is 0 Å². The third kappa shape index (κ3) is 2.91. The second-order valence-corrected chi connectivity index (χ2v) is 6.57. The van der Waals surface area contributed by atoms with Crippen molar-refractivity contribution < 1.29 is 9.53 Å². The molecule has 1 amide bonds. The van der Waals surface area contributed by atoms with E-state index in [0.717, 1.165) is 11.5 Å². The van der Waals surface area contributed by atoms with Crippen molar-refractivity contribution >= 4 is 11.7 Å². The number of nitrogens with zero attached hydrogens (tertiary/aromatic N) is 4. The van der Waals surface area contributed by atoms with Gasteiger partial charge in [0.05, 0.1) is 5.92 Å². The lowest BCUT2D eigenvalue weighted by atomic mass is 10.00. The zero-order valence-electron chi connectivity index (χ0n) is 13.9. The summed E-state index contributed by atoms with van der Waals surface area (Å²) in [5, 5.41) is 2.95. The average molecular weight is 327 g/mol. The maximum atomic E-state index is 12.8. The number of aryl methyl sites for hydroxylation is 2. The van der Waals surface area contributed by atoms with Crippen molar-refractivity contribution in [3.63, 3.8) is 0 Å². The third-order valence-electron chi connectivity index (χ3n) is 4.65. The molecule has 2 atom stereocenters. The van der Waals surface area contributed by atoms with Crippen LogP contribution in [0.2, 0.25) is 0 Å². The standard InChI is InChI=1S/C17H21N5O2/c1-10-19-13(11-3-4-11)9-14(20-10)21-17(23)12-5-8-24-15(12)16-18-6-7-22(16)2/h6-7,9,11-12,15H,3-5,8H2,1-2H3,(H,19,20,21,23)/t12-,15-/m1/s1. The molecule has 126 valence electrons. The SMILES string of the molecule is Cc1nc(NC(=O)[C@@H]2CCO[C@H]2c2nccn2C)cc(C2CC2)n1. The fraction of sp³-hybridized carbons (Fsp3) is 0.529. The first-order valence-electron chi connectivity index (χ1n) is 8.37. The molecular weight excluding hydrogens is 306 g/mol. The van der Waals surface area contributed by atoms with Crippen molar-refractivity contribution in [2.75, 3.05) is 11.9 Å². The summed E-state index contributed by atoms with van der Waals surface area (Å²) in [6.45, 7) is 2.42. The van der Waals surface area contributed by atoms with Gasteiger partial charge in [-0.3, -0.25) is 4.79 Å². The summed E-state index contributed by atoms with van der Waals surface area (Å²) >= 11 is 0. The lowest BCUT2D eigenvalue weighted by molar-refractivity contribution is -0.121. The number of hydrogen-bond acceptors (Lipinski definition) is 5. The van der Waals surface area contributed by atoms with Gasteiger partial charge in [-0.05, 0) is 26.2 Å². The number of anilines is 1. The summed E-state index contributed by atoms with van der Waals surface area (Å²) in [5.74, 6) is 2.26. The summed E-state index contributed by atoms with van der Waals surface area (Å²) in [7, 11) is 1.91. The highest BCUT2D eigenvalue weighted by molar-refractivity contribution is 5.92. The second kappa shape index (κ2) is 5.98. The molecule has 0 bridgehead atoms. The molecule has 4 rings (SSSR count). The molecule has 2 aromatic heterocycles. The van der Waals surface area contributed by atoms with Gasteiger partial charge in [0.2, 0.25) is 5.91 Å². The molecular formula is C17H21N5O2. The Morgan fingerprint density at radius 1 is 1.33 bits per heavy atom. The minimum atomic E-state index is -0.309. The number of imidazole rings is 1. The van der Waals surface area contributed by atoms with Gasteiger partial charge in [-0.2, -0.15) is 0 Å². The molecule has 0 radical (unpaired) electrons. The number of carbonyl (C=O) groups excluding carboxylic acids is 1. The second-order valence-electron chi connectivity index (χ2n) is 6.57. The van der Waals surface area contributed by atoms with Crippen LogP contribution in [0.4, 0.5) is 5.82 Å². The van der Waals surface area contributed by atoms with Crippen LogP contribution < -0.4 is 5.32 Å². The molecule has 0 aromatic carbocycles. The van der Waals surface area contributed by atoms with Gasteiger partial charge in [-0.25, -0.2) is 15.0 Å². The Labute approximate surface area is 140 Å². The Kier molecular flexibility index (Phi) is 3.80. The molecule has 24 heavy (non-hydrogen) atoms. The molecule has 2 fully saturated rings. The predicted octanol–water partition coefficient (Wildman–Crippen LogP) is 2.11. The number of ether oxygens (including phenoxy) is 1. The summed E-state index contributed by atoms with van der Waals surface area (Å²) in [5.41, 5.74) is 1.03. The molecule has 1 saturated heterocycles. The minimum absolute atomic E-state index is 0.0691. The molecule has 1 aliphatic carbocycles. The van der Waals surface area contributed by atoms with Gasteiger partial charge in [0.25, 0.3) is 0 Å². The molecule has 1 N–H and O–H groups in total. The highest BCUT2D eigenvalue weighted by Gasteiger charge is 2.37. The fourth-order valence-electron chi connectivity index (χ4n) is 3.23. The Hall–Kier alpha value is -2.28. The molecule has 2 aromatic rings. The zero-order chi connectivity index (χ0) is 16.7. The predicted molar refractivity (Wildman–Crippen MR) is 87.4 cm³/mol. The van der Waals surface area contributed by atoms with Gasteiger partial charge in [-0.15, -0.1) is 0 Å². The highest BCUT2D eigenvalue weighted by Crippen LogP contribution is 2.39. The van der Waals surface area contributed by atoms with E-state index in [2.05, 4.69) is 20.3 Å². The van der Waals surface area contributed by atoms with Crippen LogP contribution in [0, 0.1) is 12.8 Å². The van der Waals surface area contributed by atoms with Gasteiger partial charge < -0.3 is 14.6 Å². The number of hydrogen-bond donors (Lipinski definition) is 1. The van der Waals surface area contributed by atoms with Gasteiger partial charge >= 0.3 is 0 Å². The number of rotatable bonds is 4. The van der Waals surface area contributed by atoms with Crippen LogP contribution in [-0.2, 0) is 16.6 Å². The van der Waals surface area contributed by atoms with Crippen LogP contribution >= 0.6 is 0 Å². The maximum absolute atomic E-state index is 12.8. The molecule has 7 heteroatoms. The first-order chi connectivity index (χ1) is 11.6. The van der Waals surface area contributed by atoms with Crippen molar-refractivity contribution in [1.82, 2.24) is 19.5 Å². The van der Waals surface area contributed by atoms with Crippen molar-refractivity contribution in [3.8, 4) is 0 Å². The van der Waals surface area contributed by atoms with E-state index in [-0.39, 0.29) is 17.9 Å².